The van der Waals surface area contributed by atoms with Gasteiger partial charge in [-0.2, -0.15) is 35.1 Å². The summed E-state index contributed by atoms with van der Waals surface area (Å²) >= 11 is 0.650. The molecule has 0 radical (unpaired) electrons. The summed E-state index contributed by atoms with van der Waals surface area (Å²) < 4.78 is 124. The minimum atomic E-state index is -6.44. The summed E-state index contributed by atoms with van der Waals surface area (Å²) in [4.78, 5) is 16.1. The first-order chi connectivity index (χ1) is 19.5. The minimum absolute atomic E-state index is 0.254. The Bertz CT molecular complexity index is 1440. The van der Waals surface area contributed by atoms with Crippen molar-refractivity contribution in [1.29, 1.82) is 0 Å². The predicted molar refractivity (Wildman–Crippen MR) is 144 cm³/mol. The van der Waals surface area contributed by atoms with E-state index in [1.54, 1.807) is 12.1 Å². The summed E-state index contributed by atoms with van der Waals surface area (Å²) in [6, 6.07) is 10.1. The highest BCUT2D eigenvalue weighted by Gasteiger charge is 2.79. The lowest BCUT2D eigenvalue weighted by Gasteiger charge is -2.36. The van der Waals surface area contributed by atoms with Gasteiger partial charge in [0.05, 0.1) is 18.7 Å². The van der Waals surface area contributed by atoms with Crippen molar-refractivity contribution >= 4 is 28.7 Å². The lowest BCUT2D eigenvalue weighted by Crippen LogP contribution is -2.62. The Hall–Kier alpha value is -3.09. The van der Waals surface area contributed by atoms with Crippen LogP contribution >= 0.6 is 11.8 Å². The number of carbonyl (C=O) groups is 1. The number of nitrogens with zero attached hydrogens (tertiary/aromatic N) is 1. The fraction of sp³-hybridized carbons (Fsp3) is 0.448. The number of aromatic nitrogens is 1. The van der Waals surface area contributed by atoms with E-state index >= 15 is 0 Å². The van der Waals surface area contributed by atoms with Crippen LogP contribution < -0.4 is 0 Å². The number of halogens is 8. The Labute approximate surface area is 241 Å². The molecule has 42 heavy (non-hydrogen) atoms. The van der Waals surface area contributed by atoms with Gasteiger partial charge in [-0.15, -0.1) is 11.8 Å². The third kappa shape index (κ3) is 6.76. The molecule has 0 saturated heterocycles. The number of rotatable bonds is 14. The number of hydrogen-bond acceptors (Lipinski definition) is 5. The molecule has 0 aliphatic heterocycles. The van der Waals surface area contributed by atoms with E-state index in [1.165, 1.54) is 12.1 Å². The van der Waals surface area contributed by atoms with Crippen LogP contribution in [-0.4, -0.2) is 47.0 Å². The van der Waals surface area contributed by atoms with Crippen LogP contribution in [0.4, 0.5) is 35.1 Å². The summed E-state index contributed by atoms with van der Waals surface area (Å²) in [5, 5.41) is 0.670. The Morgan fingerprint density at radius 2 is 1.57 bits per heavy atom. The van der Waals surface area contributed by atoms with Gasteiger partial charge >= 0.3 is 29.7 Å². The zero-order valence-electron chi connectivity index (χ0n) is 23.0. The second-order valence-electron chi connectivity index (χ2n) is 9.64. The van der Waals surface area contributed by atoms with Gasteiger partial charge in [-0.25, -0.2) is 4.79 Å². The van der Waals surface area contributed by atoms with Crippen molar-refractivity contribution in [1.82, 2.24) is 4.98 Å². The first-order valence-corrected chi connectivity index (χ1v) is 14.0. The van der Waals surface area contributed by atoms with Crippen molar-refractivity contribution in [2.75, 3.05) is 12.4 Å². The fourth-order valence-corrected chi connectivity index (χ4v) is 4.89. The standard InChI is InChI=1S/C29H29F8NO3S/c1-5-19-8-10-21(22(6-2)38-19)24-15-18-7-9-20(16-23(18)41-24)42-14-12-27(32,33)29(36,37)28(34,35)26(30,31)11-13-40-25(39)17(3)4/h7-10,15-16H,3,5-6,11-14H2,1-2,4H3. The zero-order valence-corrected chi connectivity index (χ0v) is 23.8. The number of fused-ring (bicyclic) bond motifs is 1. The minimum Gasteiger partial charge on any atom is -0.462 e. The molecule has 3 aromatic rings. The smallest absolute Gasteiger partial charge is 0.378 e. The van der Waals surface area contributed by atoms with Crippen LogP contribution in [0, 0.1) is 0 Å². The zero-order chi connectivity index (χ0) is 31.5. The monoisotopic (exact) mass is 623 g/mol. The number of carbonyl (C=O) groups excluding carboxylic acids is 1. The van der Waals surface area contributed by atoms with Gasteiger partial charge in [0.2, 0.25) is 0 Å². The van der Waals surface area contributed by atoms with Crippen LogP contribution in [0.25, 0.3) is 22.3 Å². The number of ether oxygens (including phenoxy) is 1. The first-order valence-electron chi connectivity index (χ1n) is 13.0. The molecule has 230 valence electrons. The number of thioether (sulfide) groups is 1. The fourth-order valence-electron chi connectivity index (χ4n) is 3.94. The number of pyridine rings is 1. The third-order valence-electron chi connectivity index (χ3n) is 6.48. The van der Waals surface area contributed by atoms with Crippen LogP contribution in [0.2, 0.25) is 0 Å². The Balaban J connectivity index is 1.69. The normalized spacial score (nSPS) is 13.0. The molecule has 0 N–H and O–H groups in total. The number of hydrogen-bond donors (Lipinski definition) is 0. The summed E-state index contributed by atoms with van der Waals surface area (Å²) in [6.45, 7) is 6.80. The van der Waals surface area contributed by atoms with Crippen molar-refractivity contribution in [3.8, 4) is 11.3 Å². The van der Waals surface area contributed by atoms with E-state index in [0.717, 1.165) is 30.3 Å². The van der Waals surface area contributed by atoms with E-state index in [4.69, 9.17) is 4.42 Å². The van der Waals surface area contributed by atoms with E-state index in [-0.39, 0.29) is 5.57 Å². The SMILES string of the molecule is C=C(C)C(=O)OCCC(F)(F)C(F)(F)C(F)(F)C(F)(F)CCSc1ccc2cc(-c3ccc(CC)nc3CC)oc2c1. The highest BCUT2D eigenvalue weighted by molar-refractivity contribution is 7.99. The lowest BCUT2D eigenvalue weighted by molar-refractivity contribution is -0.367. The summed E-state index contributed by atoms with van der Waals surface area (Å²) in [5.41, 5.74) is 2.62. The molecule has 4 nitrogen and oxygen atoms in total. The van der Waals surface area contributed by atoms with Crippen LogP contribution in [0.5, 0.6) is 0 Å². The average molecular weight is 624 g/mol. The highest BCUT2D eigenvalue weighted by Crippen LogP contribution is 2.54. The third-order valence-corrected chi connectivity index (χ3v) is 7.48. The molecule has 0 aliphatic rings. The molecule has 0 fully saturated rings. The van der Waals surface area contributed by atoms with Crippen molar-refractivity contribution in [2.24, 2.45) is 0 Å². The largest absolute Gasteiger partial charge is 0.462 e. The van der Waals surface area contributed by atoms with Gasteiger partial charge in [-0.05, 0) is 56.2 Å². The molecule has 0 spiro atoms. The van der Waals surface area contributed by atoms with Crippen molar-refractivity contribution in [2.45, 2.75) is 75.0 Å². The second kappa shape index (κ2) is 12.6. The van der Waals surface area contributed by atoms with Gasteiger partial charge in [0, 0.05) is 39.3 Å². The van der Waals surface area contributed by atoms with Crippen LogP contribution in [-0.2, 0) is 22.4 Å². The maximum atomic E-state index is 14.4. The molecule has 3 rings (SSSR count). The van der Waals surface area contributed by atoms with E-state index in [9.17, 15) is 39.9 Å². The molecule has 0 unspecified atom stereocenters. The van der Waals surface area contributed by atoms with E-state index in [1.807, 2.05) is 26.0 Å². The maximum Gasteiger partial charge on any atom is 0.378 e. The molecule has 2 aromatic heterocycles. The molecular weight excluding hydrogens is 594 g/mol. The molecular formula is C29H29F8NO3S. The van der Waals surface area contributed by atoms with E-state index in [2.05, 4.69) is 16.3 Å². The van der Waals surface area contributed by atoms with Gasteiger partial charge in [-0.1, -0.05) is 20.4 Å². The quantitative estimate of drug-likeness (QED) is 0.0776. The molecule has 2 heterocycles. The molecule has 0 amide bonds. The lowest BCUT2D eigenvalue weighted by atomic mass is 9.95. The molecule has 0 saturated carbocycles. The number of esters is 1. The number of benzene rings is 1. The van der Waals surface area contributed by atoms with Crippen molar-refractivity contribution < 1.29 is 49.1 Å². The van der Waals surface area contributed by atoms with Gasteiger partial charge in [-0.3, -0.25) is 4.98 Å². The first kappa shape index (κ1) is 33.4. The average Bonchev–Trinajstić information content (AvgIpc) is 3.35. The molecule has 0 bridgehead atoms. The van der Waals surface area contributed by atoms with Gasteiger partial charge in [0.25, 0.3) is 0 Å². The maximum absolute atomic E-state index is 14.4. The van der Waals surface area contributed by atoms with Crippen LogP contribution in [0.1, 0.15) is 45.0 Å². The van der Waals surface area contributed by atoms with Crippen molar-refractivity contribution in [3.63, 3.8) is 0 Å². The number of alkyl halides is 8. The van der Waals surface area contributed by atoms with E-state index in [0.29, 0.717) is 39.8 Å². The molecule has 0 aliphatic carbocycles. The second-order valence-corrected chi connectivity index (χ2v) is 10.8. The number of furan rings is 1. The van der Waals surface area contributed by atoms with Crippen molar-refractivity contribution in [3.05, 3.63) is 59.9 Å². The molecule has 0 atom stereocenters. The Morgan fingerprint density at radius 1 is 0.929 bits per heavy atom. The van der Waals surface area contributed by atoms with E-state index < -0.39 is 54.9 Å². The summed E-state index contributed by atoms with van der Waals surface area (Å²) in [6.07, 6.45) is -2.51. The predicted octanol–water partition coefficient (Wildman–Crippen LogP) is 9.15. The van der Waals surface area contributed by atoms with Gasteiger partial charge < -0.3 is 9.15 Å². The Morgan fingerprint density at radius 3 is 2.17 bits per heavy atom. The summed E-state index contributed by atoms with van der Waals surface area (Å²) in [7, 11) is 0. The van der Waals surface area contributed by atoms with Crippen LogP contribution in [0.15, 0.2) is 57.9 Å². The topological polar surface area (TPSA) is 52.3 Å². The molecule has 13 heteroatoms. The van der Waals surface area contributed by atoms with Gasteiger partial charge in [0.1, 0.15) is 11.3 Å². The highest BCUT2D eigenvalue weighted by atomic mass is 32.2. The number of aryl methyl sites for hydroxylation is 2. The Kier molecular flexibility index (Phi) is 10.1. The van der Waals surface area contributed by atoms with Gasteiger partial charge in [0.15, 0.2) is 0 Å². The summed E-state index contributed by atoms with van der Waals surface area (Å²) in [5.74, 6) is -25.4. The molecule has 1 aromatic carbocycles. The van der Waals surface area contributed by atoms with Crippen LogP contribution in [0.3, 0.4) is 0 Å².